The zero-order valence-electron chi connectivity index (χ0n) is 10.1. The van der Waals surface area contributed by atoms with Crippen molar-refractivity contribution in [2.45, 2.75) is 32.9 Å². The zero-order valence-corrected chi connectivity index (χ0v) is 10.1. The Balaban J connectivity index is 4.40. The first-order valence-electron chi connectivity index (χ1n) is 5.18. The van der Waals surface area contributed by atoms with Gasteiger partial charge in [-0.25, -0.2) is 9.59 Å². The van der Waals surface area contributed by atoms with Crippen molar-refractivity contribution in [3.8, 4) is 0 Å². The minimum Gasteiger partial charge on any atom is -0.480 e. The summed E-state index contributed by atoms with van der Waals surface area (Å²) in [6.45, 7) is 5.19. The monoisotopic (exact) mass is 232 g/mol. The Labute approximate surface area is 95.2 Å². The molecule has 0 spiro atoms. The number of nitrogens with one attached hydrogen (secondary N) is 1. The fourth-order valence-corrected chi connectivity index (χ4v) is 1.07. The number of carbonyl (C=O) groups excluding carboxylic acids is 1. The first kappa shape index (κ1) is 14.7. The molecule has 0 aliphatic heterocycles. The van der Waals surface area contributed by atoms with Crippen molar-refractivity contribution in [1.82, 2.24) is 10.2 Å². The molecular weight excluding hydrogens is 212 g/mol. The van der Waals surface area contributed by atoms with Crippen LogP contribution in [0.2, 0.25) is 0 Å². The van der Waals surface area contributed by atoms with Crippen LogP contribution in [0.5, 0.6) is 0 Å². The smallest absolute Gasteiger partial charge is 0.328 e. The third kappa shape index (κ3) is 4.06. The van der Waals surface area contributed by atoms with E-state index in [-0.39, 0.29) is 12.0 Å². The molecule has 0 aromatic heterocycles. The van der Waals surface area contributed by atoms with E-state index in [1.807, 2.05) is 20.8 Å². The van der Waals surface area contributed by atoms with Crippen LogP contribution in [0.1, 0.15) is 20.8 Å². The fraction of sp³-hybridized carbons (Fsp3) is 0.800. The number of rotatable bonds is 5. The van der Waals surface area contributed by atoms with E-state index < -0.39 is 24.6 Å². The predicted molar refractivity (Wildman–Crippen MR) is 59.1 cm³/mol. The maximum absolute atomic E-state index is 11.6. The molecule has 6 nitrogen and oxygen atoms in total. The molecule has 6 heteroatoms. The number of amides is 2. The van der Waals surface area contributed by atoms with E-state index in [0.29, 0.717) is 0 Å². The van der Waals surface area contributed by atoms with Crippen molar-refractivity contribution >= 4 is 12.0 Å². The molecule has 0 saturated heterocycles. The van der Waals surface area contributed by atoms with E-state index in [1.165, 1.54) is 4.90 Å². The molecular formula is C10H20N2O4. The molecule has 0 rings (SSSR count). The topological polar surface area (TPSA) is 89.9 Å². The van der Waals surface area contributed by atoms with Crippen molar-refractivity contribution in [3.63, 3.8) is 0 Å². The van der Waals surface area contributed by atoms with Crippen LogP contribution in [0.3, 0.4) is 0 Å². The molecule has 0 aromatic rings. The third-order valence-electron chi connectivity index (χ3n) is 2.67. The van der Waals surface area contributed by atoms with Crippen molar-refractivity contribution < 1.29 is 19.8 Å². The van der Waals surface area contributed by atoms with Gasteiger partial charge >= 0.3 is 12.0 Å². The van der Waals surface area contributed by atoms with Crippen LogP contribution in [0.15, 0.2) is 0 Å². The highest BCUT2D eigenvalue weighted by Crippen LogP contribution is 2.07. The Morgan fingerprint density at radius 1 is 1.31 bits per heavy atom. The zero-order chi connectivity index (χ0) is 12.9. The number of aliphatic hydroxyl groups is 1. The van der Waals surface area contributed by atoms with Crippen LogP contribution in [0.4, 0.5) is 4.79 Å². The normalized spacial score (nSPS) is 14.4. The third-order valence-corrected chi connectivity index (χ3v) is 2.67. The second-order valence-electron chi connectivity index (χ2n) is 4.12. The summed E-state index contributed by atoms with van der Waals surface area (Å²) < 4.78 is 0. The van der Waals surface area contributed by atoms with E-state index in [4.69, 9.17) is 10.2 Å². The molecule has 2 amide bonds. The number of aliphatic hydroxyl groups excluding tert-OH is 1. The standard InChI is InChI=1S/C10H20N2O4/c1-6(2)7(3)12(4)10(16)11-8(5-13)9(14)15/h6-8,13H,5H2,1-4H3,(H,11,16)(H,14,15)/t7?,8-/m1/s1. The molecule has 0 fully saturated rings. The van der Waals surface area contributed by atoms with Gasteiger partial charge in [0.05, 0.1) is 6.61 Å². The van der Waals surface area contributed by atoms with E-state index in [9.17, 15) is 9.59 Å². The molecule has 1 unspecified atom stereocenters. The predicted octanol–water partition coefficient (Wildman–Crippen LogP) is 0.118. The second-order valence-corrected chi connectivity index (χ2v) is 4.12. The van der Waals surface area contributed by atoms with Crippen LogP contribution in [0, 0.1) is 5.92 Å². The number of carboxylic acids is 1. The van der Waals surface area contributed by atoms with Crippen molar-refractivity contribution in [1.29, 1.82) is 0 Å². The highest BCUT2D eigenvalue weighted by Gasteiger charge is 2.24. The summed E-state index contributed by atoms with van der Waals surface area (Å²) in [6, 6.07) is -1.76. The summed E-state index contributed by atoms with van der Waals surface area (Å²) in [4.78, 5) is 23.6. The molecule has 16 heavy (non-hydrogen) atoms. The van der Waals surface area contributed by atoms with E-state index in [2.05, 4.69) is 5.32 Å². The number of hydrogen-bond donors (Lipinski definition) is 3. The van der Waals surface area contributed by atoms with Gasteiger partial charge < -0.3 is 20.4 Å². The molecule has 0 aliphatic carbocycles. The van der Waals surface area contributed by atoms with Gasteiger partial charge in [0.25, 0.3) is 0 Å². The summed E-state index contributed by atoms with van der Waals surface area (Å²) in [5, 5.41) is 19.7. The van der Waals surface area contributed by atoms with Gasteiger partial charge in [-0.3, -0.25) is 0 Å². The number of carbonyl (C=O) groups is 2. The van der Waals surface area contributed by atoms with E-state index in [0.717, 1.165) is 0 Å². The summed E-state index contributed by atoms with van der Waals surface area (Å²) in [7, 11) is 1.59. The highest BCUT2D eigenvalue weighted by atomic mass is 16.4. The SMILES string of the molecule is CC(C)C(C)N(C)C(=O)N[C@H](CO)C(=O)O. The second kappa shape index (κ2) is 6.32. The lowest BCUT2D eigenvalue weighted by Crippen LogP contribution is -2.51. The Hall–Kier alpha value is -1.30. The Morgan fingerprint density at radius 3 is 2.12 bits per heavy atom. The lowest BCUT2D eigenvalue weighted by atomic mass is 10.1. The largest absolute Gasteiger partial charge is 0.480 e. The number of hydrogen-bond acceptors (Lipinski definition) is 3. The van der Waals surface area contributed by atoms with Crippen LogP contribution in [0.25, 0.3) is 0 Å². The lowest BCUT2D eigenvalue weighted by molar-refractivity contribution is -0.140. The van der Waals surface area contributed by atoms with Gasteiger partial charge in [-0.15, -0.1) is 0 Å². The van der Waals surface area contributed by atoms with Crippen LogP contribution in [-0.2, 0) is 4.79 Å². The van der Waals surface area contributed by atoms with Gasteiger partial charge in [-0.1, -0.05) is 13.8 Å². The number of nitrogens with zero attached hydrogens (tertiary/aromatic N) is 1. The number of aliphatic carboxylic acids is 1. The average molecular weight is 232 g/mol. The summed E-state index contributed by atoms with van der Waals surface area (Å²) in [5.41, 5.74) is 0. The summed E-state index contributed by atoms with van der Waals surface area (Å²) in [5.74, 6) is -0.977. The van der Waals surface area contributed by atoms with Crippen molar-refractivity contribution in [2.75, 3.05) is 13.7 Å². The molecule has 0 saturated carbocycles. The first-order chi connectivity index (χ1) is 7.31. The van der Waals surface area contributed by atoms with Crippen molar-refractivity contribution in [3.05, 3.63) is 0 Å². The van der Waals surface area contributed by atoms with Gasteiger partial charge in [0.15, 0.2) is 6.04 Å². The maximum atomic E-state index is 11.6. The average Bonchev–Trinajstić information content (AvgIpc) is 2.22. The number of carboxylic acid groups (broad SMARTS) is 1. The maximum Gasteiger partial charge on any atom is 0.328 e. The molecule has 0 radical (unpaired) electrons. The molecule has 3 N–H and O–H groups in total. The van der Waals surface area contributed by atoms with Gasteiger partial charge in [-0.2, -0.15) is 0 Å². The molecule has 0 aliphatic rings. The molecule has 2 atom stereocenters. The van der Waals surface area contributed by atoms with Gasteiger partial charge in [0.1, 0.15) is 0 Å². The van der Waals surface area contributed by atoms with Gasteiger partial charge in [-0.05, 0) is 12.8 Å². The van der Waals surface area contributed by atoms with Crippen LogP contribution >= 0.6 is 0 Å². The summed E-state index contributed by atoms with van der Waals surface area (Å²) >= 11 is 0. The molecule has 94 valence electrons. The molecule has 0 aromatic carbocycles. The summed E-state index contributed by atoms with van der Waals surface area (Å²) in [6.07, 6.45) is 0. The Morgan fingerprint density at radius 2 is 1.81 bits per heavy atom. The number of urea groups is 1. The van der Waals surface area contributed by atoms with Gasteiger partial charge in [0, 0.05) is 13.1 Å². The quantitative estimate of drug-likeness (QED) is 0.628. The van der Waals surface area contributed by atoms with Gasteiger partial charge in [0.2, 0.25) is 0 Å². The Kier molecular flexibility index (Phi) is 5.81. The molecule has 0 heterocycles. The minimum atomic E-state index is -1.26. The van der Waals surface area contributed by atoms with Crippen molar-refractivity contribution in [2.24, 2.45) is 5.92 Å². The first-order valence-corrected chi connectivity index (χ1v) is 5.18. The van der Waals surface area contributed by atoms with E-state index >= 15 is 0 Å². The minimum absolute atomic E-state index is 0.00635. The van der Waals surface area contributed by atoms with Crippen LogP contribution in [-0.4, -0.2) is 52.9 Å². The van der Waals surface area contributed by atoms with Crippen LogP contribution < -0.4 is 5.32 Å². The highest BCUT2D eigenvalue weighted by molar-refractivity contribution is 5.82. The fourth-order valence-electron chi connectivity index (χ4n) is 1.07. The molecule has 0 bridgehead atoms. The lowest BCUT2D eigenvalue weighted by Gasteiger charge is -2.29. The van der Waals surface area contributed by atoms with E-state index in [1.54, 1.807) is 7.05 Å². The Bertz CT molecular complexity index is 255.